The second-order valence-electron chi connectivity index (χ2n) is 4.67. The van der Waals surface area contributed by atoms with Crippen molar-refractivity contribution >= 4 is 10.0 Å². The van der Waals surface area contributed by atoms with Gasteiger partial charge in [-0.25, -0.2) is 12.7 Å². The normalized spacial score (nSPS) is 11.7. The average molecular weight is 290 g/mol. The molecule has 0 amide bonds. The maximum atomic E-state index is 12.2. The molecule has 4 nitrogen and oxygen atoms in total. The number of hydrogen-bond donors (Lipinski definition) is 0. The lowest BCUT2D eigenvalue weighted by molar-refractivity contribution is 0.466. The lowest BCUT2D eigenvalue weighted by Crippen LogP contribution is -2.29. The Kier molecular flexibility index (Phi) is 4.87. The molecule has 1 aromatic heterocycles. The molecule has 20 heavy (non-hydrogen) atoms. The predicted molar refractivity (Wildman–Crippen MR) is 79.6 cm³/mol. The lowest BCUT2D eigenvalue weighted by atomic mass is 10.2. The van der Waals surface area contributed by atoms with Crippen LogP contribution in [0.3, 0.4) is 0 Å². The van der Waals surface area contributed by atoms with Crippen LogP contribution in [0.1, 0.15) is 11.1 Å². The van der Waals surface area contributed by atoms with E-state index in [2.05, 4.69) is 4.98 Å². The van der Waals surface area contributed by atoms with E-state index in [1.807, 2.05) is 36.4 Å². The molecule has 1 aromatic carbocycles. The fourth-order valence-corrected chi connectivity index (χ4v) is 3.05. The van der Waals surface area contributed by atoms with Crippen molar-refractivity contribution < 1.29 is 8.42 Å². The third-order valence-electron chi connectivity index (χ3n) is 3.09. The van der Waals surface area contributed by atoms with Gasteiger partial charge in [-0.3, -0.25) is 4.98 Å². The maximum absolute atomic E-state index is 12.2. The van der Waals surface area contributed by atoms with Gasteiger partial charge < -0.3 is 0 Å². The molecule has 5 heteroatoms. The minimum atomic E-state index is -3.25. The first-order valence-electron chi connectivity index (χ1n) is 6.45. The molecule has 0 saturated heterocycles. The molecule has 0 bridgehead atoms. The third kappa shape index (κ3) is 4.15. The molecule has 0 N–H and O–H groups in total. The van der Waals surface area contributed by atoms with Crippen LogP contribution in [0.4, 0.5) is 0 Å². The van der Waals surface area contributed by atoms with Crippen LogP contribution in [-0.4, -0.2) is 30.5 Å². The van der Waals surface area contributed by atoms with Gasteiger partial charge in [0.15, 0.2) is 0 Å². The monoisotopic (exact) mass is 290 g/mol. The summed E-state index contributed by atoms with van der Waals surface area (Å²) in [4.78, 5) is 3.99. The molecule has 0 radical (unpaired) electrons. The summed E-state index contributed by atoms with van der Waals surface area (Å²) in [6.07, 6.45) is 3.89. The molecule has 2 aromatic rings. The van der Waals surface area contributed by atoms with E-state index in [4.69, 9.17) is 0 Å². The van der Waals surface area contributed by atoms with Gasteiger partial charge in [0.25, 0.3) is 0 Å². The zero-order chi connectivity index (χ0) is 14.4. The Morgan fingerprint density at radius 1 is 1.05 bits per heavy atom. The minimum absolute atomic E-state index is 0.119. The number of sulfonamides is 1. The van der Waals surface area contributed by atoms with Crippen LogP contribution >= 0.6 is 0 Å². The topological polar surface area (TPSA) is 50.3 Å². The summed E-state index contributed by atoms with van der Waals surface area (Å²) in [5, 5.41) is 0. The second-order valence-corrected chi connectivity index (χ2v) is 6.86. The van der Waals surface area contributed by atoms with Crippen LogP contribution in [0.25, 0.3) is 0 Å². The fourth-order valence-electron chi connectivity index (χ4n) is 1.89. The molecule has 0 aliphatic carbocycles. The highest BCUT2D eigenvalue weighted by atomic mass is 32.2. The van der Waals surface area contributed by atoms with Gasteiger partial charge in [0.05, 0.1) is 5.75 Å². The number of benzene rings is 1. The van der Waals surface area contributed by atoms with Gasteiger partial charge >= 0.3 is 0 Å². The molecule has 0 aliphatic rings. The molecule has 0 fully saturated rings. The number of aryl methyl sites for hydroxylation is 1. The van der Waals surface area contributed by atoms with Crippen molar-refractivity contribution in [3.63, 3.8) is 0 Å². The van der Waals surface area contributed by atoms with Crippen molar-refractivity contribution in [1.82, 2.24) is 9.29 Å². The Labute approximate surface area is 120 Å². The van der Waals surface area contributed by atoms with Crippen LogP contribution < -0.4 is 0 Å². The average Bonchev–Trinajstić information content (AvgIpc) is 2.47. The maximum Gasteiger partial charge on any atom is 0.214 e. The van der Waals surface area contributed by atoms with Crippen molar-refractivity contribution in [2.75, 3.05) is 12.8 Å². The van der Waals surface area contributed by atoms with E-state index in [1.165, 1.54) is 4.31 Å². The first kappa shape index (κ1) is 14.7. The van der Waals surface area contributed by atoms with E-state index in [1.54, 1.807) is 25.5 Å². The molecule has 0 saturated carbocycles. The van der Waals surface area contributed by atoms with Gasteiger partial charge in [-0.15, -0.1) is 0 Å². The van der Waals surface area contributed by atoms with Gasteiger partial charge in [0.2, 0.25) is 10.0 Å². The quantitative estimate of drug-likeness (QED) is 0.818. The molecule has 2 rings (SSSR count). The Morgan fingerprint density at radius 2 is 1.75 bits per heavy atom. The molecular formula is C15H18N2O2S. The van der Waals surface area contributed by atoms with E-state index < -0.39 is 10.0 Å². The van der Waals surface area contributed by atoms with Gasteiger partial charge in [-0.05, 0) is 23.6 Å². The molecule has 1 heterocycles. The van der Waals surface area contributed by atoms with Crippen molar-refractivity contribution in [3.8, 4) is 0 Å². The highest BCUT2D eigenvalue weighted by molar-refractivity contribution is 7.89. The summed E-state index contributed by atoms with van der Waals surface area (Å²) < 4.78 is 25.8. The Hall–Kier alpha value is -1.72. The van der Waals surface area contributed by atoms with Gasteiger partial charge in [0.1, 0.15) is 0 Å². The van der Waals surface area contributed by atoms with Crippen molar-refractivity contribution in [2.24, 2.45) is 0 Å². The summed E-state index contributed by atoms with van der Waals surface area (Å²) in [5.41, 5.74) is 1.92. The highest BCUT2D eigenvalue weighted by Gasteiger charge is 2.17. The van der Waals surface area contributed by atoms with Crippen LogP contribution in [0.5, 0.6) is 0 Å². The first-order valence-corrected chi connectivity index (χ1v) is 8.06. The van der Waals surface area contributed by atoms with Crippen molar-refractivity contribution in [2.45, 2.75) is 13.0 Å². The standard InChI is InChI=1S/C15H18N2O2S/c1-17(13-15-8-5-10-16-12-15)20(18,19)11-9-14-6-3-2-4-7-14/h2-8,10,12H,9,11,13H2,1H3. The van der Waals surface area contributed by atoms with E-state index in [0.29, 0.717) is 13.0 Å². The Bertz CT molecular complexity index is 627. The van der Waals surface area contributed by atoms with Gasteiger partial charge in [0, 0.05) is 26.0 Å². The predicted octanol–water partition coefficient (Wildman–Crippen LogP) is 2.09. The number of aromatic nitrogens is 1. The summed E-state index contributed by atoms with van der Waals surface area (Å²) >= 11 is 0. The van der Waals surface area contributed by atoms with Gasteiger partial charge in [-0.1, -0.05) is 36.4 Å². The largest absolute Gasteiger partial charge is 0.264 e. The van der Waals surface area contributed by atoms with E-state index in [9.17, 15) is 8.42 Å². The number of hydrogen-bond acceptors (Lipinski definition) is 3. The highest BCUT2D eigenvalue weighted by Crippen LogP contribution is 2.09. The third-order valence-corrected chi connectivity index (χ3v) is 4.89. The Morgan fingerprint density at radius 3 is 2.40 bits per heavy atom. The molecule has 0 spiro atoms. The van der Waals surface area contributed by atoms with Crippen molar-refractivity contribution in [3.05, 3.63) is 66.0 Å². The van der Waals surface area contributed by atoms with E-state index >= 15 is 0 Å². The molecule has 106 valence electrons. The van der Waals surface area contributed by atoms with Crippen LogP contribution in [-0.2, 0) is 23.0 Å². The summed E-state index contributed by atoms with van der Waals surface area (Å²) in [6, 6.07) is 13.3. The molecule has 0 atom stereocenters. The number of pyridine rings is 1. The fraction of sp³-hybridized carbons (Fsp3) is 0.267. The molecular weight excluding hydrogens is 272 g/mol. The second kappa shape index (κ2) is 6.63. The number of rotatable bonds is 6. The smallest absolute Gasteiger partial charge is 0.214 e. The van der Waals surface area contributed by atoms with E-state index in [0.717, 1.165) is 11.1 Å². The van der Waals surface area contributed by atoms with Crippen LogP contribution in [0, 0.1) is 0 Å². The SMILES string of the molecule is CN(Cc1cccnc1)S(=O)(=O)CCc1ccccc1. The summed E-state index contributed by atoms with van der Waals surface area (Å²) in [6.45, 7) is 0.352. The van der Waals surface area contributed by atoms with Gasteiger partial charge in [-0.2, -0.15) is 0 Å². The zero-order valence-corrected chi connectivity index (χ0v) is 12.3. The molecule has 0 unspecified atom stereocenters. The molecule has 0 aliphatic heterocycles. The van der Waals surface area contributed by atoms with Crippen LogP contribution in [0.15, 0.2) is 54.9 Å². The zero-order valence-electron chi connectivity index (χ0n) is 11.4. The Balaban J connectivity index is 1.96. The lowest BCUT2D eigenvalue weighted by Gasteiger charge is -2.17. The summed E-state index contributed by atoms with van der Waals surface area (Å²) in [7, 11) is -1.65. The van der Waals surface area contributed by atoms with E-state index in [-0.39, 0.29) is 5.75 Å². The van der Waals surface area contributed by atoms with Crippen LogP contribution in [0.2, 0.25) is 0 Å². The first-order chi connectivity index (χ1) is 9.58. The summed E-state index contributed by atoms with van der Waals surface area (Å²) in [5.74, 6) is 0.119. The number of nitrogens with zero attached hydrogens (tertiary/aromatic N) is 2. The van der Waals surface area contributed by atoms with Crippen molar-refractivity contribution in [1.29, 1.82) is 0 Å². The minimum Gasteiger partial charge on any atom is -0.264 e.